The summed E-state index contributed by atoms with van der Waals surface area (Å²) >= 11 is 0. The molecule has 7 nitrogen and oxygen atoms in total. The predicted octanol–water partition coefficient (Wildman–Crippen LogP) is 0.292. The molecule has 0 radical (unpaired) electrons. The van der Waals surface area contributed by atoms with Gasteiger partial charge in [0, 0.05) is 6.07 Å². The summed E-state index contributed by atoms with van der Waals surface area (Å²) in [5, 5.41) is 18.1. The molecule has 0 aliphatic rings. The molecule has 0 saturated heterocycles. The Morgan fingerprint density at radius 3 is 2.48 bits per heavy atom. The Bertz CT molecular complexity index is 811. The number of hydrogen-bond donors (Lipinski definition) is 2. The molecule has 0 atom stereocenters. The third kappa shape index (κ3) is 3.55. The highest BCUT2D eigenvalue weighted by Gasteiger charge is 2.10. The Balaban J connectivity index is 1.71. The van der Waals surface area contributed by atoms with Crippen molar-refractivity contribution >= 4 is 23.7 Å². The number of hydrogen-bond acceptors (Lipinski definition) is 7. The SMILES string of the molecule is COc1ccc2nc(OCc3ccc(B(O)O)cc3)cnc2n1. The number of pyridine rings is 1. The van der Waals surface area contributed by atoms with E-state index in [-0.39, 0.29) is 0 Å². The zero-order valence-electron chi connectivity index (χ0n) is 12.4. The number of ether oxygens (including phenoxy) is 2. The van der Waals surface area contributed by atoms with Gasteiger partial charge >= 0.3 is 7.12 Å². The van der Waals surface area contributed by atoms with Gasteiger partial charge in [-0.2, -0.15) is 4.98 Å². The van der Waals surface area contributed by atoms with Crippen LogP contribution in [0.4, 0.5) is 0 Å². The van der Waals surface area contributed by atoms with Gasteiger partial charge < -0.3 is 19.5 Å². The maximum absolute atomic E-state index is 9.05. The van der Waals surface area contributed by atoms with Crippen LogP contribution in [-0.4, -0.2) is 39.2 Å². The lowest BCUT2D eigenvalue weighted by Crippen LogP contribution is -2.29. The van der Waals surface area contributed by atoms with Crippen LogP contribution in [-0.2, 0) is 6.61 Å². The fraction of sp³-hybridized carbons (Fsp3) is 0.133. The van der Waals surface area contributed by atoms with Crippen LogP contribution in [0.15, 0.2) is 42.6 Å². The van der Waals surface area contributed by atoms with E-state index in [4.69, 9.17) is 19.5 Å². The Hall–Kier alpha value is -2.71. The van der Waals surface area contributed by atoms with E-state index in [9.17, 15) is 0 Å². The first-order valence-corrected chi connectivity index (χ1v) is 6.91. The van der Waals surface area contributed by atoms with Gasteiger partial charge in [-0.1, -0.05) is 24.3 Å². The van der Waals surface area contributed by atoms with Gasteiger partial charge in [0.15, 0.2) is 5.65 Å². The average molecular weight is 311 g/mol. The van der Waals surface area contributed by atoms with E-state index in [0.29, 0.717) is 35.0 Å². The second-order valence-electron chi connectivity index (χ2n) is 4.81. The van der Waals surface area contributed by atoms with Crippen molar-refractivity contribution in [3.05, 3.63) is 48.2 Å². The first-order chi connectivity index (χ1) is 11.2. The van der Waals surface area contributed by atoms with Crippen molar-refractivity contribution in [2.75, 3.05) is 7.11 Å². The minimum atomic E-state index is -1.47. The third-order valence-electron chi connectivity index (χ3n) is 3.23. The topological polar surface area (TPSA) is 97.6 Å². The molecule has 3 rings (SSSR count). The first-order valence-electron chi connectivity index (χ1n) is 6.91. The number of fused-ring (bicyclic) bond motifs is 1. The lowest BCUT2D eigenvalue weighted by molar-refractivity contribution is 0.293. The minimum absolute atomic E-state index is 0.297. The molecule has 2 aromatic heterocycles. The van der Waals surface area contributed by atoms with E-state index in [1.807, 2.05) is 0 Å². The largest absolute Gasteiger partial charge is 0.488 e. The number of aromatic nitrogens is 3. The minimum Gasteiger partial charge on any atom is -0.481 e. The first kappa shape index (κ1) is 15.2. The molecule has 2 N–H and O–H groups in total. The van der Waals surface area contributed by atoms with Crippen molar-refractivity contribution in [1.29, 1.82) is 0 Å². The summed E-state index contributed by atoms with van der Waals surface area (Å²) in [4.78, 5) is 12.7. The highest BCUT2D eigenvalue weighted by atomic mass is 16.5. The molecule has 23 heavy (non-hydrogen) atoms. The molecule has 0 unspecified atom stereocenters. The van der Waals surface area contributed by atoms with Gasteiger partial charge in [0.2, 0.25) is 11.8 Å². The highest BCUT2D eigenvalue weighted by Crippen LogP contribution is 2.16. The zero-order valence-corrected chi connectivity index (χ0v) is 12.4. The van der Waals surface area contributed by atoms with E-state index in [0.717, 1.165) is 5.56 Å². The Morgan fingerprint density at radius 2 is 1.78 bits per heavy atom. The molecule has 0 spiro atoms. The van der Waals surface area contributed by atoms with Crippen molar-refractivity contribution < 1.29 is 19.5 Å². The fourth-order valence-corrected chi connectivity index (χ4v) is 2.00. The van der Waals surface area contributed by atoms with Gasteiger partial charge in [-0.15, -0.1) is 0 Å². The summed E-state index contributed by atoms with van der Waals surface area (Å²) in [5.74, 6) is 0.863. The van der Waals surface area contributed by atoms with Crippen molar-refractivity contribution in [2.45, 2.75) is 6.61 Å². The third-order valence-corrected chi connectivity index (χ3v) is 3.23. The summed E-state index contributed by atoms with van der Waals surface area (Å²) in [6.45, 7) is 0.297. The number of nitrogens with zero attached hydrogens (tertiary/aromatic N) is 3. The van der Waals surface area contributed by atoms with E-state index in [1.54, 1.807) is 43.5 Å². The molecule has 116 valence electrons. The molecule has 1 aromatic carbocycles. The number of benzene rings is 1. The van der Waals surface area contributed by atoms with Gasteiger partial charge in [0.05, 0.1) is 13.3 Å². The second-order valence-corrected chi connectivity index (χ2v) is 4.81. The fourth-order valence-electron chi connectivity index (χ4n) is 2.00. The van der Waals surface area contributed by atoms with Crippen LogP contribution in [0.1, 0.15) is 5.56 Å². The van der Waals surface area contributed by atoms with Crippen LogP contribution in [0.3, 0.4) is 0 Å². The Morgan fingerprint density at radius 1 is 1.00 bits per heavy atom. The van der Waals surface area contributed by atoms with Gasteiger partial charge in [-0.05, 0) is 17.1 Å². The summed E-state index contributed by atoms with van der Waals surface area (Å²) < 4.78 is 10.6. The number of methoxy groups -OCH3 is 1. The highest BCUT2D eigenvalue weighted by molar-refractivity contribution is 6.58. The summed E-state index contributed by atoms with van der Waals surface area (Å²) in [5.41, 5.74) is 2.41. The summed E-state index contributed by atoms with van der Waals surface area (Å²) in [6, 6.07) is 10.3. The van der Waals surface area contributed by atoms with Gasteiger partial charge in [0.1, 0.15) is 12.1 Å². The van der Waals surface area contributed by atoms with E-state index < -0.39 is 7.12 Å². The standard InChI is InChI=1S/C15H14BN3O4/c1-22-13-7-6-12-15(19-13)17-8-14(18-12)23-9-10-2-4-11(5-3-10)16(20)21/h2-8,20-21H,9H2,1H3. The molecular weight excluding hydrogens is 297 g/mol. The molecule has 3 aromatic rings. The Kier molecular flexibility index (Phi) is 4.36. The quantitative estimate of drug-likeness (QED) is 0.654. The van der Waals surface area contributed by atoms with Crippen LogP contribution >= 0.6 is 0 Å². The predicted molar refractivity (Wildman–Crippen MR) is 84.5 cm³/mol. The molecule has 0 aliphatic heterocycles. The van der Waals surface area contributed by atoms with Gasteiger partial charge in [0.25, 0.3) is 0 Å². The zero-order chi connectivity index (χ0) is 16.2. The van der Waals surface area contributed by atoms with Crippen molar-refractivity contribution in [1.82, 2.24) is 15.0 Å². The number of rotatable bonds is 5. The average Bonchev–Trinajstić information content (AvgIpc) is 2.59. The monoisotopic (exact) mass is 311 g/mol. The molecule has 0 aliphatic carbocycles. The molecule has 2 heterocycles. The molecule has 8 heteroatoms. The van der Waals surface area contributed by atoms with Crippen LogP contribution in [0.25, 0.3) is 11.2 Å². The van der Waals surface area contributed by atoms with E-state index in [1.165, 1.54) is 6.20 Å². The summed E-state index contributed by atoms with van der Waals surface area (Å²) in [6.07, 6.45) is 1.50. The molecule has 0 amide bonds. The van der Waals surface area contributed by atoms with E-state index in [2.05, 4.69) is 15.0 Å². The maximum Gasteiger partial charge on any atom is 0.488 e. The second kappa shape index (κ2) is 6.59. The van der Waals surface area contributed by atoms with Crippen molar-refractivity contribution in [3.8, 4) is 11.8 Å². The lowest BCUT2D eigenvalue weighted by atomic mass is 9.80. The van der Waals surface area contributed by atoms with Crippen LogP contribution in [0.2, 0.25) is 0 Å². The molecule has 0 fully saturated rings. The maximum atomic E-state index is 9.05. The van der Waals surface area contributed by atoms with E-state index >= 15 is 0 Å². The van der Waals surface area contributed by atoms with Crippen LogP contribution < -0.4 is 14.9 Å². The van der Waals surface area contributed by atoms with Crippen LogP contribution in [0.5, 0.6) is 11.8 Å². The summed E-state index contributed by atoms with van der Waals surface area (Å²) in [7, 11) is 0.0703. The van der Waals surface area contributed by atoms with Crippen molar-refractivity contribution in [3.63, 3.8) is 0 Å². The molecular formula is C15H14BN3O4. The molecule has 0 bridgehead atoms. The van der Waals surface area contributed by atoms with Gasteiger partial charge in [-0.25, -0.2) is 9.97 Å². The lowest BCUT2D eigenvalue weighted by Gasteiger charge is -2.07. The Labute approximate surface area is 132 Å². The molecule has 0 saturated carbocycles. The normalized spacial score (nSPS) is 10.6. The van der Waals surface area contributed by atoms with Gasteiger partial charge in [-0.3, -0.25) is 0 Å². The van der Waals surface area contributed by atoms with Crippen LogP contribution in [0, 0.1) is 0 Å². The smallest absolute Gasteiger partial charge is 0.481 e. The van der Waals surface area contributed by atoms with Crippen molar-refractivity contribution in [2.24, 2.45) is 0 Å².